The fourth-order valence-electron chi connectivity index (χ4n) is 2.25. The van der Waals surface area contributed by atoms with E-state index in [2.05, 4.69) is 20.9 Å². The zero-order valence-electron chi connectivity index (χ0n) is 13.0. The molecule has 3 rings (SSSR count). The molecule has 0 unspecified atom stereocenters. The van der Waals surface area contributed by atoms with E-state index in [0.29, 0.717) is 15.7 Å². The number of aromatic nitrogens is 1. The van der Waals surface area contributed by atoms with Crippen molar-refractivity contribution in [3.05, 3.63) is 58.7 Å². The van der Waals surface area contributed by atoms with E-state index in [4.69, 9.17) is 8.92 Å². The Morgan fingerprint density at radius 3 is 2.54 bits per heavy atom. The number of pyridine rings is 1. The first-order valence-corrected chi connectivity index (χ1v) is 9.25. The highest BCUT2D eigenvalue weighted by Crippen LogP contribution is 2.30. The summed E-state index contributed by atoms with van der Waals surface area (Å²) in [6.45, 7) is 1.84. The van der Waals surface area contributed by atoms with Gasteiger partial charge in [-0.1, -0.05) is 18.2 Å². The van der Waals surface area contributed by atoms with Crippen LogP contribution in [0.4, 0.5) is 0 Å². The Labute approximate surface area is 148 Å². The fraction of sp³-hybridized carbons (Fsp3) is 0.118. The molecule has 1 aromatic heterocycles. The van der Waals surface area contributed by atoms with Crippen molar-refractivity contribution in [3.8, 4) is 11.5 Å². The summed E-state index contributed by atoms with van der Waals surface area (Å²) in [6.07, 6.45) is 0. The average molecular weight is 408 g/mol. The van der Waals surface area contributed by atoms with E-state index < -0.39 is 10.1 Å². The molecule has 3 aromatic rings. The van der Waals surface area contributed by atoms with Crippen molar-refractivity contribution in [1.29, 1.82) is 0 Å². The van der Waals surface area contributed by atoms with Gasteiger partial charge in [0.15, 0.2) is 5.75 Å². The molecule has 0 aliphatic rings. The van der Waals surface area contributed by atoms with Crippen LogP contribution < -0.4 is 8.92 Å². The fourth-order valence-corrected chi connectivity index (χ4v) is 3.91. The van der Waals surface area contributed by atoms with Crippen LogP contribution in [0.1, 0.15) is 5.69 Å². The Balaban J connectivity index is 2.04. The van der Waals surface area contributed by atoms with Crippen molar-refractivity contribution in [1.82, 2.24) is 4.98 Å². The van der Waals surface area contributed by atoms with Gasteiger partial charge in [0, 0.05) is 11.1 Å². The third-order valence-corrected chi connectivity index (χ3v) is 5.28. The Kier molecular flexibility index (Phi) is 4.47. The summed E-state index contributed by atoms with van der Waals surface area (Å²) < 4.78 is 36.1. The topological polar surface area (TPSA) is 65.5 Å². The van der Waals surface area contributed by atoms with Gasteiger partial charge in [0.2, 0.25) is 0 Å². The summed E-state index contributed by atoms with van der Waals surface area (Å²) in [5.41, 5.74) is 1.29. The molecule has 0 N–H and O–H groups in total. The second-order valence-electron chi connectivity index (χ2n) is 5.11. The molecule has 24 heavy (non-hydrogen) atoms. The summed E-state index contributed by atoms with van der Waals surface area (Å²) in [7, 11) is -2.48. The predicted octanol–water partition coefficient (Wildman–Crippen LogP) is 4.08. The smallest absolute Gasteiger partial charge is 0.339 e. The molecule has 0 spiro atoms. The minimum absolute atomic E-state index is 0.0276. The second-order valence-corrected chi connectivity index (χ2v) is 7.51. The van der Waals surface area contributed by atoms with Gasteiger partial charge in [-0.3, -0.25) is 0 Å². The van der Waals surface area contributed by atoms with Crippen molar-refractivity contribution in [3.63, 3.8) is 0 Å². The SMILES string of the molecule is COc1ccc(S(=O)(=O)Oc2cccc3ccc(C)nc23)cc1Br. The Morgan fingerprint density at radius 2 is 1.83 bits per heavy atom. The van der Waals surface area contributed by atoms with Crippen LogP contribution in [0.15, 0.2) is 57.9 Å². The van der Waals surface area contributed by atoms with Gasteiger partial charge in [0.05, 0.1) is 11.6 Å². The Hall–Kier alpha value is -2.12. The molecule has 2 aromatic carbocycles. The molecule has 0 saturated heterocycles. The minimum atomic E-state index is -3.99. The van der Waals surface area contributed by atoms with E-state index in [1.807, 2.05) is 25.1 Å². The molecule has 0 aliphatic heterocycles. The lowest BCUT2D eigenvalue weighted by Gasteiger charge is -2.11. The number of aryl methyl sites for hydroxylation is 1. The summed E-state index contributed by atoms with van der Waals surface area (Å²) in [4.78, 5) is 4.41. The third-order valence-electron chi connectivity index (χ3n) is 3.43. The van der Waals surface area contributed by atoms with Gasteiger partial charge in [-0.25, -0.2) is 4.98 Å². The van der Waals surface area contributed by atoms with Crippen LogP contribution in [-0.2, 0) is 10.1 Å². The third kappa shape index (κ3) is 3.22. The molecular formula is C17H14BrNO4S. The first kappa shape index (κ1) is 16.7. The van der Waals surface area contributed by atoms with Gasteiger partial charge in [0.1, 0.15) is 16.2 Å². The van der Waals surface area contributed by atoms with Gasteiger partial charge in [-0.2, -0.15) is 8.42 Å². The minimum Gasteiger partial charge on any atom is -0.496 e. The summed E-state index contributed by atoms with van der Waals surface area (Å²) in [6, 6.07) is 13.3. The van der Waals surface area contributed by atoms with Crippen LogP contribution in [0.5, 0.6) is 11.5 Å². The van der Waals surface area contributed by atoms with E-state index in [0.717, 1.165) is 11.1 Å². The molecule has 7 heteroatoms. The molecule has 5 nitrogen and oxygen atoms in total. The van der Waals surface area contributed by atoms with Crippen molar-refractivity contribution in [2.75, 3.05) is 7.11 Å². The van der Waals surface area contributed by atoms with E-state index in [1.165, 1.54) is 19.2 Å². The first-order valence-electron chi connectivity index (χ1n) is 7.05. The highest BCUT2D eigenvalue weighted by molar-refractivity contribution is 9.10. The lowest BCUT2D eigenvalue weighted by Crippen LogP contribution is -2.10. The van der Waals surface area contributed by atoms with Crippen molar-refractivity contribution >= 4 is 37.0 Å². The molecule has 0 aliphatic carbocycles. The molecule has 0 bridgehead atoms. The zero-order chi connectivity index (χ0) is 17.3. The van der Waals surface area contributed by atoms with Crippen LogP contribution in [0.3, 0.4) is 0 Å². The van der Waals surface area contributed by atoms with Crippen LogP contribution in [-0.4, -0.2) is 20.5 Å². The van der Waals surface area contributed by atoms with E-state index in [9.17, 15) is 8.42 Å². The number of halogens is 1. The molecule has 0 radical (unpaired) electrons. The quantitative estimate of drug-likeness (QED) is 0.609. The molecule has 0 atom stereocenters. The summed E-state index contributed by atoms with van der Waals surface area (Å²) in [5, 5.41) is 0.809. The van der Waals surface area contributed by atoms with Crippen LogP contribution in [0, 0.1) is 6.92 Å². The molecule has 1 heterocycles. The first-order chi connectivity index (χ1) is 11.4. The van der Waals surface area contributed by atoms with Crippen LogP contribution >= 0.6 is 15.9 Å². The van der Waals surface area contributed by atoms with Gasteiger partial charge >= 0.3 is 10.1 Å². The molecular weight excluding hydrogens is 394 g/mol. The Bertz CT molecular complexity index is 1020. The number of hydrogen-bond donors (Lipinski definition) is 0. The number of benzene rings is 2. The normalized spacial score (nSPS) is 11.5. The number of nitrogens with zero attached hydrogens (tertiary/aromatic N) is 1. The molecule has 0 saturated carbocycles. The molecule has 0 amide bonds. The van der Waals surface area contributed by atoms with E-state index in [-0.39, 0.29) is 10.6 Å². The number of fused-ring (bicyclic) bond motifs is 1. The number of rotatable bonds is 4. The highest BCUT2D eigenvalue weighted by Gasteiger charge is 2.20. The second kappa shape index (κ2) is 6.41. The van der Waals surface area contributed by atoms with Crippen LogP contribution in [0.25, 0.3) is 10.9 Å². The van der Waals surface area contributed by atoms with Crippen molar-refractivity contribution < 1.29 is 17.3 Å². The highest BCUT2D eigenvalue weighted by atomic mass is 79.9. The molecule has 0 fully saturated rings. The van der Waals surface area contributed by atoms with Gasteiger partial charge < -0.3 is 8.92 Å². The zero-order valence-corrected chi connectivity index (χ0v) is 15.4. The van der Waals surface area contributed by atoms with Crippen molar-refractivity contribution in [2.45, 2.75) is 11.8 Å². The maximum atomic E-state index is 12.6. The summed E-state index contributed by atoms with van der Waals surface area (Å²) >= 11 is 3.28. The maximum Gasteiger partial charge on any atom is 0.339 e. The lowest BCUT2D eigenvalue weighted by atomic mass is 10.2. The van der Waals surface area contributed by atoms with Gasteiger partial charge in [0.25, 0.3) is 0 Å². The lowest BCUT2D eigenvalue weighted by molar-refractivity contribution is 0.411. The van der Waals surface area contributed by atoms with Crippen LogP contribution in [0.2, 0.25) is 0 Å². The maximum absolute atomic E-state index is 12.6. The van der Waals surface area contributed by atoms with Gasteiger partial charge in [-0.05, 0) is 53.2 Å². The van der Waals surface area contributed by atoms with E-state index >= 15 is 0 Å². The number of hydrogen-bond acceptors (Lipinski definition) is 5. The predicted molar refractivity (Wildman–Crippen MR) is 95.0 cm³/mol. The standard InChI is InChI=1S/C17H14BrNO4S/c1-11-6-7-12-4-3-5-16(17(12)19-11)23-24(20,21)13-8-9-15(22-2)14(18)10-13/h3-10H,1-2H3. The monoisotopic (exact) mass is 407 g/mol. The molecule has 124 valence electrons. The number of ether oxygens (including phenoxy) is 1. The number of methoxy groups -OCH3 is 1. The van der Waals surface area contributed by atoms with Gasteiger partial charge in [-0.15, -0.1) is 0 Å². The van der Waals surface area contributed by atoms with E-state index in [1.54, 1.807) is 18.2 Å². The van der Waals surface area contributed by atoms with Crippen molar-refractivity contribution in [2.24, 2.45) is 0 Å². The average Bonchev–Trinajstić information content (AvgIpc) is 2.55. The summed E-state index contributed by atoms with van der Waals surface area (Å²) in [5.74, 6) is 0.736. The number of para-hydroxylation sites is 1. The Morgan fingerprint density at radius 1 is 1.04 bits per heavy atom. The largest absolute Gasteiger partial charge is 0.496 e.